The van der Waals surface area contributed by atoms with Gasteiger partial charge in [0, 0.05) is 9.86 Å². The van der Waals surface area contributed by atoms with Gasteiger partial charge in [0.05, 0.1) is 12.6 Å². The summed E-state index contributed by atoms with van der Waals surface area (Å²) >= 11 is 3.39. The van der Waals surface area contributed by atoms with Crippen LogP contribution >= 0.6 is 15.9 Å². The number of halogens is 1. The van der Waals surface area contributed by atoms with Gasteiger partial charge in [0.25, 0.3) is 0 Å². The molecule has 0 fully saturated rings. The molecule has 1 aromatic carbocycles. The third-order valence-corrected chi connectivity index (χ3v) is 2.72. The molecule has 0 radical (unpaired) electrons. The Kier molecular flexibility index (Phi) is 3.53. The van der Waals surface area contributed by atoms with Crippen LogP contribution in [0.5, 0.6) is 0 Å². The molecule has 1 aromatic heterocycles. The molecule has 17 heavy (non-hydrogen) atoms. The van der Waals surface area contributed by atoms with Crippen LogP contribution in [-0.2, 0) is 9.53 Å². The molecule has 5 nitrogen and oxygen atoms in total. The van der Waals surface area contributed by atoms with Crippen LogP contribution in [0.15, 0.2) is 29.0 Å². The van der Waals surface area contributed by atoms with Gasteiger partial charge in [-0.2, -0.15) is 0 Å². The van der Waals surface area contributed by atoms with Crippen molar-refractivity contribution in [2.75, 3.05) is 19.0 Å². The Morgan fingerprint density at radius 1 is 1.47 bits per heavy atom. The molecule has 2 aromatic rings. The number of rotatable bonds is 3. The van der Waals surface area contributed by atoms with Crippen molar-refractivity contribution in [2.24, 2.45) is 0 Å². The molecule has 0 bridgehead atoms. The number of hydrogen-bond acceptors (Lipinski definition) is 5. The van der Waals surface area contributed by atoms with Crippen molar-refractivity contribution in [2.45, 2.75) is 0 Å². The average Bonchev–Trinajstić information content (AvgIpc) is 2.35. The first-order chi connectivity index (χ1) is 8.20. The lowest BCUT2D eigenvalue weighted by molar-refractivity contribution is -0.138. The number of aromatic nitrogens is 2. The van der Waals surface area contributed by atoms with Gasteiger partial charge in [0.2, 0.25) is 0 Å². The largest absolute Gasteiger partial charge is 0.468 e. The van der Waals surface area contributed by atoms with Crippen LogP contribution in [0.4, 0.5) is 5.82 Å². The minimum absolute atomic E-state index is 0.0785. The van der Waals surface area contributed by atoms with Crippen molar-refractivity contribution >= 4 is 38.6 Å². The Morgan fingerprint density at radius 2 is 2.29 bits per heavy atom. The number of carbonyl (C=O) groups is 1. The molecule has 1 N–H and O–H groups in total. The highest BCUT2D eigenvalue weighted by atomic mass is 79.9. The van der Waals surface area contributed by atoms with E-state index in [-0.39, 0.29) is 12.5 Å². The number of methoxy groups -OCH3 is 1. The van der Waals surface area contributed by atoms with E-state index in [1.54, 1.807) is 0 Å². The fourth-order valence-electron chi connectivity index (χ4n) is 1.40. The van der Waals surface area contributed by atoms with Crippen LogP contribution in [-0.4, -0.2) is 29.6 Å². The Balaban J connectivity index is 2.33. The minimum atomic E-state index is -0.341. The first-order valence-corrected chi connectivity index (χ1v) is 5.71. The van der Waals surface area contributed by atoms with Crippen LogP contribution in [0.3, 0.4) is 0 Å². The van der Waals surface area contributed by atoms with Gasteiger partial charge < -0.3 is 10.1 Å². The van der Waals surface area contributed by atoms with Gasteiger partial charge in [-0.25, -0.2) is 9.97 Å². The van der Waals surface area contributed by atoms with Crippen LogP contribution in [0.25, 0.3) is 10.9 Å². The molecule has 0 saturated carbocycles. The molecule has 1 heterocycles. The zero-order chi connectivity index (χ0) is 12.3. The molecule has 0 atom stereocenters. The second-order valence-electron chi connectivity index (χ2n) is 3.31. The van der Waals surface area contributed by atoms with Gasteiger partial charge in [-0.1, -0.05) is 15.9 Å². The van der Waals surface area contributed by atoms with E-state index in [2.05, 4.69) is 36.0 Å². The number of fused-ring (bicyclic) bond motifs is 1. The van der Waals surface area contributed by atoms with Crippen molar-refractivity contribution in [3.8, 4) is 0 Å². The smallest absolute Gasteiger partial charge is 0.325 e. The first-order valence-electron chi connectivity index (χ1n) is 4.91. The van der Waals surface area contributed by atoms with E-state index in [1.165, 1.54) is 13.4 Å². The summed E-state index contributed by atoms with van der Waals surface area (Å²) in [5.74, 6) is 0.272. The Hall–Kier alpha value is -1.69. The van der Waals surface area contributed by atoms with Crippen LogP contribution in [0.1, 0.15) is 0 Å². The molecule has 0 saturated heterocycles. The predicted octanol–water partition coefficient (Wildman–Crippen LogP) is 1.98. The normalized spacial score (nSPS) is 10.2. The van der Waals surface area contributed by atoms with Crippen LogP contribution in [0, 0.1) is 0 Å². The molecule has 2 rings (SSSR count). The number of nitrogens with one attached hydrogen (secondary N) is 1. The summed E-state index contributed by atoms with van der Waals surface area (Å²) in [5.41, 5.74) is 0.815. The number of benzene rings is 1. The zero-order valence-corrected chi connectivity index (χ0v) is 10.7. The number of hydrogen-bond donors (Lipinski definition) is 1. The molecule has 0 aliphatic rings. The van der Waals surface area contributed by atoms with Gasteiger partial charge in [-0.05, 0) is 18.2 Å². The number of anilines is 1. The fourth-order valence-corrected chi connectivity index (χ4v) is 1.76. The molecule has 0 aliphatic carbocycles. The predicted molar refractivity (Wildman–Crippen MR) is 67.7 cm³/mol. The highest BCUT2D eigenvalue weighted by Crippen LogP contribution is 2.22. The summed E-state index contributed by atoms with van der Waals surface area (Å²) in [6.45, 7) is 0.0785. The second kappa shape index (κ2) is 5.09. The van der Waals surface area contributed by atoms with Gasteiger partial charge >= 0.3 is 5.97 Å². The van der Waals surface area contributed by atoms with Crippen molar-refractivity contribution in [1.82, 2.24) is 9.97 Å². The van der Waals surface area contributed by atoms with E-state index in [0.29, 0.717) is 5.82 Å². The van der Waals surface area contributed by atoms with E-state index in [4.69, 9.17) is 0 Å². The van der Waals surface area contributed by atoms with Gasteiger partial charge in [-0.15, -0.1) is 0 Å². The van der Waals surface area contributed by atoms with Crippen molar-refractivity contribution in [3.63, 3.8) is 0 Å². The maximum absolute atomic E-state index is 11.1. The Bertz CT molecular complexity index is 559. The van der Waals surface area contributed by atoms with Crippen molar-refractivity contribution < 1.29 is 9.53 Å². The van der Waals surface area contributed by atoms with Crippen LogP contribution < -0.4 is 5.32 Å². The van der Waals surface area contributed by atoms with E-state index in [1.807, 2.05) is 18.2 Å². The molecule has 0 amide bonds. The average molecular weight is 296 g/mol. The quantitative estimate of drug-likeness (QED) is 0.877. The summed E-state index contributed by atoms with van der Waals surface area (Å²) in [7, 11) is 1.35. The third-order valence-electron chi connectivity index (χ3n) is 2.23. The lowest BCUT2D eigenvalue weighted by Crippen LogP contribution is -2.15. The zero-order valence-electron chi connectivity index (χ0n) is 9.11. The molecule has 0 aliphatic heterocycles. The maximum atomic E-state index is 11.1. The van der Waals surface area contributed by atoms with Gasteiger partial charge in [-0.3, -0.25) is 4.79 Å². The number of esters is 1. The maximum Gasteiger partial charge on any atom is 0.325 e. The molecule has 6 heteroatoms. The summed E-state index contributed by atoms with van der Waals surface area (Å²) in [6, 6.07) is 5.68. The summed E-state index contributed by atoms with van der Waals surface area (Å²) in [5, 5.41) is 3.77. The third kappa shape index (κ3) is 2.71. The van der Waals surface area contributed by atoms with E-state index >= 15 is 0 Å². The van der Waals surface area contributed by atoms with Gasteiger partial charge in [0.15, 0.2) is 0 Å². The molecular formula is C11H10BrN3O2. The second-order valence-corrected chi connectivity index (χ2v) is 4.23. The molecule has 88 valence electrons. The lowest BCUT2D eigenvalue weighted by atomic mass is 10.2. The van der Waals surface area contributed by atoms with Crippen LogP contribution in [0.2, 0.25) is 0 Å². The van der Waals surface area contributed by atoms with Crippen molar-refractivity contribution in [1.29, 1.82) is 0 Å². The first kappa shape index (κ1) is 11.8. The summed E-state index contributed by atoms with van der Waals surface area (Å²) < 4.78 is 5.49. The fraction of sp³-hybridized carbons (Fsp3) is 0.182. The van der Waals surface area contributed by atoms with E-state index in [0.717, 1.165) is 15.4 Å². The summed E-state index contributed by atoms with van der Waals surface area (Å²) in [4.78, 5) is 19.3. The Labute approximate surface area is 106 Å². The monoisotopic (exact) mass is 295 g/mol. The molecule has 0 unspecified atom stereocenters. The topological polar surface area (TPSA) is 64.1 Å². The number of nitrogens with zero attached hydrogens (tertiary/aromatic N) is 2. The summed E-state index contributed by atoms with van der Waals surface area (Å²) in [6.07, 6.45) is 1.45. The number of ether oxygens (including phenoxy) is 1. The highest BCUT2D eigenvalue weighted by Gasteiger charge is 2.06. The minimum Gasteiger partial charge on any atom is -0.468 e. The molecular weight excluding hydrogens is 286 g/mol. The standard InChI is InChI=1S/C11H10BrN3O2/c1-17-10(16)5-13-11-8-4-7(12)2-3-9(8)14-6-15-11/h2-4,6H,5H2,1H3,(H,13,14,15). The van der Waals surface area contributed by atoms with Crippen molar-refractivity contribution in [3.05, 3.63) is 29.0 Å². The SMILES string of the molecule is COC(=O)CNc1ncnc2ccc(Br)cc12. The number of carbonyl (C=O) groups excluding carboxylic acids is 1. The lowest BCUT2D eigenvalue weighted by Gasteiger charge is -2.07. The van der Waals surface area contributed by atoms with Gasteiger partial charge in [0.1, 0.15) is 18.7 Å². The molecule has 0 spiro atoms. The van der Waals surface area contributed by atoms with E-state index in [9.17, 15) is 4.79 Å². The van der Waals surface area contributed by atoms with E-state index < -0.39 is 0 Å². The highest BCUT2D eigenvalue weighted by molar-refractivity contribution is 9.10. The Morgan fingerprint density at radius 3 is 3.06 bits per heavy atom.